The Labute approximate surface area is 143 Å². The molecule has 112 valence electrons. The molecule has 0 saturated heterocycles. The lowest BCUT2D eigenvalue weighted by Gasteiger charge is -2.12. The first kappa shape index (κ1) is 16.6. The van der Waals surface area contributed by atoms with Crippen molar-refractivity contribution in [2.45, 2.75) is 26.0 Å². The van der Waals surface area contributed by atoms with Crippen LogP contribution in [0.15, 0.2) is 40.9 Å². The zero-order valence-corrected chi connectivity index (χ0v) is 14.7. The number of benzene rings is 2. The molecule has 0 amide bonds. The van der Waals surface area contributed by atoms with Gasteiger partial charge in [0.1, 0.15) is 12.4 Å². The van der Waals surface area contributed by atoms with Gasteiger partial charge in [-0.05, 0) is 59.1 Å². The van der Waals surface area contributed by atoms with E-state index in [1.54, 1.807) is 12.1 Å². The monoisotopic (exact) mass is 387 g/mol. The minimum atomic E-state index is 0.136. The van der Waals surface area contributed by atoms with Gasteiger partial charge in [-0.15, -0.1) is 0 Å². The molecule has 0 aromatic heterocycles. The van der Waals surface area contributed by atoms with Crippen LogP contribution in [0, 0.1) is 0 Å². The summed E-state index contributed by atoms with van der Waals surface area (Å²) in [6.45, 7) is 2.38. The molecule has 2 aromatic carbocycles. The van der Waals surface area contributed by atoms with E-state index in [9.17, 15) is 0 Å². The van der Waals surface area contributed by atoms with E-state index in [4.69, 9.17) is 33.7 Å². The van der Waals surface area contributed by atoms with Crippen molar-refractivity contribution >= 4 is 39.1 Å². The normalized spacial score (nSPS) is 12.2. The van der Waals surface area contributed by atoms with E-state index in [-0.39, 0.29) is 6.04 Å². The zero-order valence-electron chi connectivity index (χ0n) is 11.6. The Hall–Kier alpha value is -0.740. The van der Waals surface area contributed by atoms with Gasteiger partial charge in [-0.1, -0.05) is 35.3 Å². The number of hydrogen-bond donors (Lipinski definition) is 1. The summed E-state index contributed by atoms with van der Waals surface area (Å²) in [7, 11) is 0. The first-order chi connectivity index (χ1) is 9.95. The highest BCUT2D eigenvalue weighted by Crippen LogP contribution is 2.28. The zero-order chi connectivity index (χ0) is 15.4. The van der Waals surface area contributed by atoms with Crippen molar-refractivity contribution in [1.29, 1.82) is 0 Å². The molecule has 0 radical (unpaired) electrons. The SMILES string of the molecule is CC(N)Cc1ccc(OCc2ccc(Cl)cc2Cl)c(Br)c1. The van der Waals surface area contributed by atoms with Crippen molar-refractivity contribution in [2.75, 3.05) is 0 Å². The average molecular weight is 389 g/mol. The number of hydrogen-bond acceptors (Lipinski definition) is 2. The van der Waals surface area contributed by atoms with Crippen LogP contribution < -0.4 is 10.5 Å². The standard InChI is InChI=1S/C16H16BrCl2NO/c1-10(20)6-11-2-5-16(14(17)7-11)21-9-12-3-4-13(18)8-15(12)19/h2-5,7-8,10H,6,9,20H2,1H3. The Morgan fingerprint density at radius 2 is 1.95 bits per heavy atom. The van der Waals surface area contributed by atoms with E-state index in [2.05, 4.69) is 15.9 Å². The molecule has 0 saturated carbocycles. The van der Waals surface area contributed by atoms with Gasteiger partial charge in [-0.25, -0.2) is 0 Å². The molecule has 0 bridgehead atoms. The predicted molar refractivity (Wildman–Crippen MR) is 92.3 cm³/mol. The van der Waals surface area contributed by atoms with Gasteiger partial charge >= 0.3 is 0 Å². The molecule has 0 aliphatic rings. The first-order valence-electron chi connectivity index (χ1n) is 6.56. The number of nitrogens with two attached hydrogens (primary N) is 1. The van der Waals surface area contributed by atoms with Gasteiger partial charge in [0.15, 0.2) is 0 Å². The van der Waals surface area contributed by atoms with Gasteiger partial charge in [0.2, 0.25) is 0 Å². The maximum atomic E-state index is 6.13. The van der Waals surface area contributed by atoms with Gasteiger partial charge < -0.3 is 10.5 Å². The Morgan fingerprint density at radius 1 is 1.19 bits per heavy atom. The highest BCUT2D eigenvalue weighted by Gasteiger charge is 2.07. The molecular formula is C16H16BrCl2NO. The summed E-state index contributed by atoms with van der Waals surface area (Å²) < 4.78 is 6.71. The summed E-state index contributed by atoms with van der Waals surface area (Å²) in [5, 5.41) is 1.22. The van der Waals surface area contributed by atoms with Gasteiger partial charge in [0.25, 0.3) is 0 Å². The quantitative estimate of drug-likeness (QED) is 0.761. The van der Waals surface area contributed by atoms with Crippen LogP contribution in [-0.4, -0.2) is 6.04 Å². The lowest BCUT2D eigenvalue weighted by atomic mass is 10.1. The molecule has 2 aromatic rings. The lowest BCUT2D eigenvalue weighted by molar-refractivity contribution is 0.304. The smallest absolute Gasteiger partial charge is 0.134 e. The minimum absolute atomic E-state index is 0.136. The van der Waals surface area contributed by atoms with E-state index < -0.39 is 0 Å². The first-order valence-corrected chi connectivity index (χ1v) is 8.11. The summed E-state index contributed by atoms with van der Waals surface area (Å²) in [6.07, 6.45) is 0.835. The topological polar surface area (TPSA) is 35.2 Å². The van der Waals surface area contributed by atoms with E-state index in [1.165, 1.54) is 5.56 Å². The molecule has 5 heteroatoms. The van der Waals surface area contributed by atoms with Crippen molar-refractivity contribution in [3.8, 4) is 5.75 Å². The Morgan fingerprint density at radius 3 is 2.57 bits per heavy atom. The largest absolute Gasteiger partial charge is 0.488 e. The van der Waals surface area contributed by atoms with Crippen molar-refractivity contribution in [1.82, 2.24) is 0 Å². The van der Waals surface area contributed by atoms with E-state index in [0.717, 1.165) is 22.2 Å². The summed E-state index contributed by atoms with van der Waals surface area (Å²) in [6, 6.07) is 11.5. The third kappa shape index (κ3) is 4.89. The Balaban J connectivity index is 2.06. The number of ether oxygens (including phenoxy) is 1. The molecule has 0 aliphatic carbocycles. The second-order valence-corrected chi connectivity index (χ2v) is 6.67. The minimum Gasteiger partial charge on any atom is -0.488 e. The molecule has 0 spiro atoms. The summed E-state index contributed by atoms with van der Waals surface area (Å²) in [5.74, 6) is 0.773. The molecule has 2 N–H and O–H groups in total. The van der Waals surface area contributed by atoms with Crippen LogP contribution in [-0.2, 0) is 13.0 Å². The Kier molecular flexibility index (Phi) is 5.94. The van der Waals surface area contributed by atoms with E-state index in [1.807, 2.05) is 31.2 Å². The highest BCUT2D eigenvalue weighted by atomic mass is 79.9. The third-order valence-corrected chi connectivity index (χ3v) is 4.16. The highest BCUT2D eigenvalue weighted by molar-refractivity contribution is 9.10. The predicted octanol–water partition coefficient (Wildman–Crippen LogP) is 5.22. The van der Waals surface area contributed by atoms with Crippen molar-refractivity contribution in [2.24, 2.45) is 5.73 Å². The van der Waals surface area contributed by atoms with Crippen LogP contribution in [0.5, 0.6) is 5.75 Å². The van der Waals surface area contributed by atoms with Crippen molar-refractivity contribution in [3.63, 3.8) is 0 Å². The summed E-state index contributed by atoms with van der Waals surface area (Å²) >= 11 is 15.5. The molecular weight excluding hydrogens is 373 g/mol. The molecule has 1 unspecified atom stereocenters. The van der Waals surface area contributed by atoms with Crippen LogP contribution in [0.1, 0.15) is 18.1 Å². The maximum absolute atomic E-state index is 6.13. The molecule has 2 nitrogen and oxygen atoms in total. The van der Waals surface area contributed by atoms with E-state index in [0.29, 0.717) is 16.7 Å². The summed E-state index contributed by atoms with van der Waals surface area (Å²) in [5.41, 5.74) is 7.87. The van der Waals surface area contributed by atoms with Gasteiger partial charge in [-0.3, -0.25) is 0 Å². The fraction of sp³-hybridized carbons (Fsp3) is 0.250. The molecule has 21 heavy (non-hydrogen) atoms. The Bertz CT molecular complexity index is 632. The second-order valence-electron chi connectivity index (χ2n) is 4.97. The lowest BCUT2D eigenvalue weighted by Crippen LogP contribution is -2.17. The molecule has 0 fully saturated rings. The third-order valence-electron chi connectivity index (χ3n) is 2.95. The molecule has 0 heterocycles. The van der Waals surface area contributed by atoms with Gasteiger partial charge in [0.05, 0.1) is 4.47 Å². The maximum Gasteiger partial charge on any atom is 0.134 e. The van der Waals surface area contributed by atoms with Crippen LogP contribution in [0.3, 0.4) is 0 Å². The second kappa shape index (κ2) is 7.50. The molecule has 1 atom stereocenters. The van der Waals surface area contributed by atoms with Crippen LogP contribution in [0.2, 0.25) is 10.0 Å². The fourth-order valence-corrected chi connectivity index (χ4v) is 2.96. The van der Waals surface area contributed by atoms with Crippen LogP contribution in [0.25, 0.3) is 0 Å². The van der Waals surface area contributed by atoms with Crippen LogP contribution >= 0.6 is 39.1 Å². The van der Waals surface area contributed by atoms with Gasteiger partial charge in [-0.2, -0.15) is 0 Å². The average Bonchev–Trinajstić information content (AvgIpc) is 2.39. The fourth-order valence-electron chi connectivity index (χ4n) is 1.95. The van der Waals surface area contributed by atoms with Gasteiger partial charge in [0, 0.05) is 21.7 Å². The van der Waals surface area contributed by atoms with Crippen molar-refractivity contribution in [3.05, 3.63) is 62.0 Å². The van der Waals surface area contributed by atoms with E-state index >= 15 is 0 Å². The molecule has 2 rings (SSSR count). The molecule has 0 aliphatic heterocycles. The number of halogens is 3. The number of rotatable bonds is 5. The summed E-state index contributed by atoms with van der Waals surface area (Å²) in [4.78, 5) is 0. The van der Waals surface area contributed by atoms with Crippen molar-refractivity contribution < 1.29 is 4.74 Å². The van der Waals surface area contributed by atoms with Crippen LogP contribution in [0.4, 0.5) is 0 Å².